The van der Waals surface area contributed by atoms with Crippen molar-refractivity contribution in [2.45, 2.75) is 19.4 Å². The van der Waals surface area contributed by atoms with E-state index >= 15 is 0 Å². The van der Waals surface area contributed by atoms with E-state index in [0.29, 0.717) is 29.6 Å². The van der Waals surface area contributed by atoms with Crippen molar-refractivity contribution in [2.75, 3.05) is 24.5 Å². The molecule has 0 N–H and O–H groups in total. The summed E-state index contributed by atoms with van der Waals surface area (Å²) in [6.07, 6.45) is 0.953. The lowest BCUT2D eigenvalue weighted by molar-refractivity contribution is 0.0584. The molecule has 166 valence electrons. The van der Waals surface area contributed by atoms with E-state index in [1.807, 2.05) is 54.3 Å². The van der Waals surface area contributed by atoms with Gasteiger partial charge in [-0.1, -0.05) is 48.0 Å². The maximum Gasteiger partial charge on any atom is 0.298 e. The van der Waals surface area contributed by atoms with Crippen LogP contribution in [0.3, 0.4) is 0 Å². The molecule has 33 heavy (non-hydrogen) atoms. The van der Waals surface area contributed by atoms with Gasteiger partial charge in [-0.05, 0) is 42.7 Å². The number of fused-ring (bicyclic) bond motifs is 2. The quantitative estimate of drug-likeness (QED) is 0.433. The summed E-state index contributed by atoms with van der Waals surface area (Å²) in [5, 5.41) is 0. The Kier molecular flexibility index (Phi) is 4.68. The minimum absolute atomic E-state index is 0.0579. The molecule has 2 fully saturated rings. The summed E-state index contributed by atoms with van der Waals surface area (Å²) in [5.41, 5.74) is 4.90. The Balaban J connectivity index is 1.26. The number of carbonyl (C=O) groups is 1. The van der Waals surface area contributed by atoms with Gasteiger partial charge in [0.05, 0.1) is 6.04 Å². The summed E-state index contributed by atoms with van der Waals surface area (Å²) in [5.74, 6) is 0.236. The molecule has 0 aliphatic carbocycles. The predicted octanol–water partition coefficient (Wildman–Crippen LogP) is 5.29. The molecular weight excluding hydrogens is 417 g/mol. The smallest absolute Gasteiger partial charge is 0.298 e. The monoisotopic (exact) mass is 441 g/mol. The number of anilines is 1. The number of carbonyl (C=O) groups excluding carboxylic acids is 1. The highest BCUT2D eigenvalue weighted by molar-refractivity contribution is 6.01. The predicted molar refractivity (Wildman–Crippen MR) is 126 cm³/mol. The van der Waals surface area contributed by atoms with E-state index in [0.717, 1.165) is 41.8 Å². The Bertz CT molecular complexity index is 1350. The summed E-state index contributed by atoms with van der Waals surface area (Å²) in [4.78, 5) is 22.2. The van der Waals surface area contributed by atoms with Crippen LogP contribution in [0.2, 0.25) is 0 Å². The Morgan fingerprint density at radius 3 is 2.76 bits per heavy atom. The summed E-state index contributed by atoms with van der Waals surface area (Å²) < 4.78 is 19.5. The van der Waals surface area contributed by atoms with E-state index in [9.17, 15) is 9.18 Å². The molecule has 4 aromatic rings. The lowest BCUT2D eigenvalue weighted by atomic mass is 9.82. The summed E-state index contributed by atoms with van der Waals surface area (Å²) in [6.45, 7) is 4.23. The van der Waals surface area contributed by atoms with Gasteiger partial charge in [-0.15, -0.1) is 0 Å². The molecule has 6 rings (SSSR count). The van der Waals surface area contributed by atoms with Gasteiger partial charge in [0.1, 0.15) is 11.3 Å². The first kappa shape index (κ1) is 20.0. The van der Waals surface area contributed by atoms with Crippen LogP contribution in [0.15, 0.2) is 71.1 Å². The van der Waals surface area contributed by atoms with Gasteiger partial charge in [-0.3, -0.25) is 4.79 Å². The molecule has 0 saturated carbocycles. The number of oxazole rings is 1. The van der Waals surface area contributed by atoms with E-state index in [1.165, 1.54) is 12.1 Å². The van der Waals surface area contributed by atoms with Gasteiger partial charge in [-0.25, -0.2) is 4.39 Å². The van der Waals surface area contributed by atoms with E-state index < -0.39 is 0 Å². The molecule has 2 aliphatic rings. The van der Waals surface area contributed by atoms with Crippen molar-refractivity contribution < 1.29 is 13.6 Å². The lowest BCUT2D eigenvalue weighted by Gasteiger charge is -2.52. The average Bonchev–Trinajstić information content (AvgIpc) is 3.22. The first-order valence-electron chi connectivity index (χ1n) is 11.3. The number of likely N-dealkylation sites (tertiary alicyclic amines) is 1. The van der Waals surface area contributed by atoms with Crippen LogP contribution in [-0.4, -0.2) is 41.5 Å². The van der Waals surface area contributed by atoms with E-state index in [2.05, 4.69) is 16.0 Å². The molecule has 6 heteroatoms. The molecule has 3 heterocycles. The fourth-order valence-corrected chi connectivity index (χ4v) is 5.09. The van der Waals surface area contributed by atoms with Gasteiger partial charge < -0.3 is 14.2 Å². The van der Waals surface area contributed by atoms with Crippen LogP contribution >= 0.6 is 0 Å². The molecule has 0 unspecified atom stereocenters. The molecule has 3 aromatic carbocycles. The molecule has 5 nitrogen and oxygen atoms in total. The molecule has 2 atom stereocenters. The number of rotatable bonds is 3. The van der Waals surface area contributed by atoms with Crippen molar-refractivity contribution in [1.29, 1.82) is 0 Å². The third-order valence-corrected chi connectivity index (χ3v) is 6.91. The lowest BCUT2D eigenvalue weighted by Crippen LogP contribution is -2.65. The number of piperidine rings is 1. The number of amides is 1. The van der Waals surface area contributed by atoms with Crippen molar-refractivity contribution in [3.05, 3.63) is 83.7 Å². The van der Waals surface area contributed by atoms with Crippen LogP contribution in [0.4, 0.5) is 10.4 Å². The van der Waals surface area contributed by atoms with Crippen molar-refractivity contribution >= 4 is 23.0 Å². The number of hydrogen-bond acceptors (Lipinski definition) is 4. The number of nitrogens with zero attached hydrogens (tertiary/aromatic N) is 3. The minimum Gasteiger partial charge on any atom is -0.423 e. The van der Waals surface area contributed by atoms with Crippen LogP contribution < -0.4 is 4.90 Å². The first-order chi connectivity index (χ1) is 16.1. The maximum absolute atomic E-state index is 13.7. The van der Waals surface area contributed by atoms with Gasteiger partial charge in [-0.2, -0.15) is 4.98 Å². The highest BCUT2D eigenvalue weighted by atomic mass is 19.1. The van der Waals surface area contributed by atoms with Gasteiger partial charge in [0, 0.05) is 37.2 Å². The molecule has 1 amide bonds. The summed E-state index contributed by atoms with van der Waals surface area (Å²) in [7, 11) is 0. The summed E-state index contributed by atoms with van der Waals surface area (Å²) >= 11 is 0. The second-order valence-electron chi connectivity index (χ2n) is 9.04. The molecule has 0 bridgehead atoms. The molecule has 0 spiro atoms. The average molecular weight is 442 g/mol. The zero-order valence-electron chi connectivity index (χ0n) is 18.4. The Labute approximate surface area is 191 Å². The second-order valence-corrected chi connectivity index (χ2v) is 9.04. The van der Waals surface area contributed by atoms with E-state index in [1.54, 1.807) is 6.07 Å². The van der Waals surface area contributed by atoms with Gasteiger partial charge in [0.25, 0.3) is 11.9 Å². The standard InChI is InChI=1S/C27H24FN3O2/c1-17-7-9-21(18-5-3-2-4-6-18)22(13-17)26(32)30-12-11-19-15-31(24(19)16-30)27-29-23-14-20(28)8-10-25(23)33-27/h2-10,13-14,19,24H,11-12,15-16H2,1H3/t19-,24-/m0/s1. The Hall–Kier alpha value is -3.67. The fourth-order valence-electron chi connectivity index (χ4n) is 5.09. The minimum atomic E-state index is -0.328. The first-order valence-corrected chi connectivity index (χ1v) is 11.3. The van der Waals surface area contributed by atoms with Gasteiger partial charge in [0.2, 0.25) is 0 Å². The number of hydrogen-bond donors (Lipinski definition) is 0. The zero-order chi connectivity index (χ0) is 22.5. The number of aryl methyl sites for hydroxylation is 1. The van der Waals surface area contributed by atoms with Crippen molar-refractivity contribution in [3.63, 3.8) is 0 Å². The van der Waals surface area contributed by atoms with E-state index in [4.69, 9.17) is 4.42 Å². The third-order valence-electron chi connectivity index (χ3n) is 6.91. The largest absolute Gasteiger partial charge is 0.423 e. The van der Waals surface area contributed by atoms with Crippen LogP contribution in [-0.2, 0) is 0 Å². The highest BCUT2D eigenvalue weighted by Crippen LogP contribution is 2.38. The number of benzene rings is 3. The Morgan fingerprint density at radius 1 is 1.06 bits per heavy atom. The Morgan fingerprint density at radius 2 is 1.91 bits per heavy atom. The molecule has 0 radical (unpaired) electrons. The normalized spacial score (nSPS) is 19.9. The second kappa shape index (κ2) is 7.73. The topological polar surface area (TPSA) is 49.6 Å². The van der Waals surface area contributed by atoms with Crippen molar-refractivity contribution in [2.24, 2.45) is 5.92 Å². The van der Waals surface area contributed by atoms with Crippen LogP contribution in [0.1, 0.15) is 22.3 Å². The van der Waals surface area contributed by atoms with Gasteiger partial charge in [0.15, 0.2) is 5.58 Å². The number of halogens is 1. The molecular formula is C27H24FN3O2. The molecule has 2 saturated heterocycles. The van der Waals surface area contributed by atoms with Crippen molar-refractivity contribution in [1.82, 2.24) is 9.88 Å². The highest BCUT2D eigenvalue weighted by Gasteiger charge is 2.45. The van der Waals surface area contributed by atoms with Crippen molar-refractivity contribution in [3.8, 4) is 11.1 Å². The molecule has 1 aromatic heterocycles. The molecule has 2 aliphatic heterocycles. The number of aromatic nitrogens is 1. The van der Waals surface area contributed by atoms with Crippen LogP contribution in [0, 0.1) is 18.7 Å². The SMILES string of the molecule is Cc1ccc(-c2ccccc2)c(C(=O)N2CC[C@H]3CN(c4nc5cc(F)ccc5o4)[C@H]3C2)c1. The zero-order valence-corrected chi connectivity index (χ0v) is 18.4. The van der Waals surface area contributed by atoms with Crippen LogP contribution in [0.25, 0.3) is 22.2 Å². The van der Waals surface area contributed by atoms with Gasteiger partial charge >= 0.3 is 0 Å². The summed E-state index contributed by atoms with van der Waals surface area (Å²) in [6, 6.07) is 21.2. The third kappa shape index (κ3) is 3.46. The fraction of sp³-hybridized carbons (Fsp3) is 0.259. The maximum atomic E-state index is 13.7. The van der Waals surface area contributed by atoms with E-state index in [-0.39, 0.29) is 17.8 Å². The van der Waals surface area contributed by atoms with Crippen LogP contribution in [0.5, 0.6) is 0 Å².